The molecule has 0 heterocycles. The second-order valence-electron chi connectivity index (χ2n) is 4.55. The van der Waals surface area contributed by atoms with Crippen LogP contribution in [0.3, 0.4) is 0 Å². The van der Waals surface area contributed by atoms with Crippen molar-refractivity contribution >= 4 is 11.9 Å². The summed E-state index contributed by atoms with van der Waals surface area (Å²) in [5, 5.41) is 8.46. The van der Waals surface area contributed by atoms with Crippen LogP contribution in [0, 0.1) is 5.92 Å². The third kappa shape index (κ3) is 9.60. The summed E-state index contributed by atoms with van der Waals surface area (Å²) in [5.74, 6) is -0.965. The third-order valence-electron chi connectivity index (χ3n) is 2.31. The normalized spacial score (nSPS) is 10.3. The molecule has 0 aromatic rings. The number of carbonyl (C=O) groups excluding carboxylic acids is 1. The Morgan fingerprint density at radius 1 is 1.24 bits per heavy atom. The van der Waals surface area contributed by atoms with E-state index in [9.17, 15) is 9.59 Å². The van der Waals surface area contributed by atoms with Crippen molar-refractivity contribution in [2.45, 2.75) is 46.0 Å². The number of esters is 1. The Kier molecular flexibility index (Phi) is 8.11. The van der Waals surface area contributed by atoms with E-state index in [1.165, 1.54) is 6.42 Å². The molecule has 0 radical (unpaired) electrons. The highest BCUT2D eigenvalue weighted by atomic mass is 16.5. The van der Waals surface area contributed by atoms with Gasteiger partial charge in [0.05, 0.1) is 13.0 Å². The van der Waals surface area contributed by atoms with Crippen molar-refractivity contribution in [3.05, 3.63) is 12.2 Å². The number of carboxylic acid groups (broad SMARTS) is 1. The molecule has 98 valence electrons. The number of hydrogen-bond acceptors (Lipinski definition) is 3. The first kappa shape index (κ1) is 15.7. The maximum Gasteiger partial charge on any atom is 0.333 e. The number of rotatable bonds is 9. The van der Waals surface area contributed by atoms with Crippen LogP contribution in [0.4, 0.5) is 0 Å². The van der Waals surface area contributed by atoms with E-state index in [4.69, 9.17) is 9.84 Å². The van der Waals surface area contributed by atoms with Gasteiger partial charge in [-0.3, -0.25) is 4.79 Å². The Morgan fingerprint density at radius 2 is 1.88 bits per heavy atom. The fourth-order valence-electron chi connectivity index (χ4n) is 1.35. The molecule has 0 spiro atoms. The van der Waals surface area contributed by atoms with E-state index in [2.05, 4.69) is 20.4 Å². The van der Waals surface area contributed by atoms with E-state index >= 15 is 0 Å². The molecule has 0 bridgehead atoms. The standard InChI is InChI=1S/C13H22O4/c1-10(2)7-5-4-6-8-17-13(16)11(3)9-12(14)15/h10H,3-9H2,1-2H3,(H,14,15). The predicted octanol–water partition coefficient (Wildman–Crippen LogP) is 2.78. The first-order valence-electron chi connectivity index (χ1n) is 6.00. The molecule has 0 unspecified atom stereocenters. The molecule has 4 nitrogen and oxygen atoms in total. The van der Waals surface area contributed by atoms with Gasteiger partial charge in [0.15, 0.2) is 0 Å². The van der Waals surface area contributed by atoms with Gasteiger partial charge < -0.3 is 9.84 Å². The average molecular weight is 242 g/mol. The van der Waals surface area contributed by atoms with E-state index in [-0.39, 0.29) is 12.0 Å². The number of unbranched alkanes of at least 4 members (excludes halogenated alkanes) is 2. The van der Waals surface area contributed by atoms with Crippen LogP contribution in [0.15, 0.2) is 12.2 Å². The van der Waals surface area contributed by atoms with Gasteiger partial charge in [-0.1, -0.05) is 39.7 Å². The maximum absolute atomic E-state index is 11.2. The van der Waals surface area contributed by atoms with Gasteiger partial charge in [-0.2, -0.15) is 0 Å². The Bertz CT molecular complexity index is 269. The summed E-state index contributed by atoms with van der Waals surface area (Å²) < 4.78 is 4.91. The average Bonchev–Trinajstić information content (AvgIpc) is 2.21. The van der Waals surface area contributed by atoms with E-state index in [0.29, 0.717) is 12.5 Å². The molecule has 0 amide bonds. The summed E-state index contributed by atoms with van der Waals surface area (Å²) in [6.07, 6.45) is 3.80. The summed E-state index contributed by atoms with van der Waals surface area (Å²) in [5.41, 5.74) is -0.000296. The fourth-order valence-corrected chi connectivity index (χ4v) is 1.35. The number of aliphatic carboxylic acids is 1. The van der Waals surface area contributed by atoms with Crippen molar-refractivity contribution in [3.8, 4) is 0 Å². The molecule has 0 aromatic heterocycles. The molecule has 0 aliphatic heterocycles. The summed E-state index contributed by atoms with van der Waals surface area (Å²) in [4.78, 5) is 21.6. The quantitative estimate of drug-likeness (QED) is 0.383. The van der Waals surface area contributed by atoms with Crippen molar-refractivity contribution in [2.75, 3.05) is 6.61 Å². The van der Waals surface area contributed by atoms with Gasteiger partial charge in [-0.15, -0.1) is 0 Å². The van der Waals surface area contributed by atoms with E-state index < -0.39 is 11.9 Å². The first-order valence-corrected chi connectivity index (χ1v) is 6.00. The van der Waals surface area contributed by atoms with Crippen LogP contribution in [-0.2, 0) is 14.3 Å². The van der Waals surface area contributed by atoms with Crippen molar-refractivity contribution in [1.82, 2.24) is 0 Å². The lowest BCUT2D eigenvalue weighted by Crippen LogP contribution is -2.11. The van der Waals surface area contributed by atoms with Gasteiger partial charge in [0.1, 0.15) is 0 Å². The molecule has 0 rings (SSSR count). The Morgan fingerprint density at radius 3 is 2.41 bits per heavy atom. The molecular weight excluding hydrogens is 220 g/mol. The minimum Gasteiger partial charge on any atom is -0.481 e. The number of hydrogen-bond donors (Lipinski definition) is 1. The highest BCUT2D eigenvalue weighted by molar-refractivity contribution is 5.92. The number of ether oxygens (including phenoxy) is 1. The second kappa shape index (κ2) is 8.79. The van der Waals surface area contributed by atoms with Crippen LogP contribution >= 0.6 is 0 Å². The van der Waals surface area contributed by atoms with Crippen LogP contribution in [0.1, 0.15) is 46.0 Å². The molecule has 17 heavy (non-hydrogen) atoms. The summed E-state index contributed by atoms with van der Waals surface area (Å²) >= 11 is 0. The minimum atomic E-state index is -1.07. The van der Waals surface area contributed by atoms with E-state index in [0.717, 1.165) is 19.3 Å². The van der Waals surface area contributed by atoms with Crippen LogP contribution in [0.25, 0.3) is 0 Å². The van der Waals surface area contributed by atoms with E-state index in [1.807, 2.05) is 0 Å². The topological polar surface area (TPSA) is 63.6 Å². The van der Waals surface area contributed by atoms with Gasteiger partial charge in [-0.25, -0.2) is 4.79 Å². The maximum atomic E-state index is 11.2. The highest BCUT2D eigenvalue weighted by Crippen LogP contribution is 2.08. The molecule has 0 fully saturated rings. The molecule has 0 saturated heterocycles. The van der Waals surface area contributed by atoms with Gasteiger partial charge in [0.25, 0.3) is 0 Å². The molecular formula is C13H22O4. The van der Waals surface area contributed by atoms with Crippen LogP contribution in [0.2, 0.25) is 0 Å². The molecule has 0 atom stereocenters. The second-order valence-corrected chi connectivity index (χ2v) is 4.55. The molecule has 0 saturated carbocycles. The summed E-state index contributed by atoms with van der Waals surface area (Å²) in [7, 11) is 0. The Hall–Kier alpha value is -1.32. The Labute approximate surface area is 103 Å². The van der Waals surface area contributed by atoms with E-state index in [1.54, 1.807) is 0 Å². The highest BCUT2D eigenvalue weighted by Gasteiger charge is 2.11. The van der Waals surface area contributed by atoms with Crippen molar-refractivity contribution in [1.29, 1.82) is 0 Å². The Balaban J connectivity index is 3.51. The van der Waals surface area contributed by atoms with Crippen molar-refractivity contribution < 1.29 is 19.4 Å². The van der Waals surface area contributed by atoms with Gasteiger partial charge in [0.2, 0.25) is 0 Å². The third-order valence-corrected chi connectivity index (χ3v) is 2.31. The lowest BCUT2D eigenvalue weighted by molar-refractivity contribution is -0.142. The number of carboxylic acids is 1. The lowest BCUT2D eigenvalue weighted by atomic mass is 10.1. The molecule has 1 N–H and O–H groups in total. The summed E-state index contributed by atoms with van der Waals surface area (Å²) in [6.45, 7) is 8.07. The monoisotopic (exact) mass is 242 g/mol. The smallest absolute Gasteiger partial charge is 0.333 e. The zero-order valence-electron chi connectivity index (χ0n) is 10.7. The fraction of sp³-hybridized carbons (Fsp3) is 0.692. The zero-order valence-corrected chi connectivity index (χ0v) is 10.7. The van der Waals surface area contributed by atoms with Crippen molar-refractivity contribution in [3.63, 3.8) is 0 Å². The largest absolute Gasteiger partial charge is 0.481 e. The molecule has 0 aliphatic rings. The predicted molar refractivity (Wildman–Crippen MR) is 65.7 cm³/mol. The van der Waals surface area contributed by atoms with Crippen molar-refractivity contribution in [2.24, 2.45) is 5.92 Å². The molecule has 4 heteroatoms. The van der Waals surface area contributed by atoms with Gasteiger partial charge >= 0.3 is 11.9 Å². The van der Waals surface area contributed by atoms with Crippen LogP contribution < -0.4 is 0 Å². The van der Waals surface area contributed by atoms with Crippen LogP contribution in [-0.4, -0.2) is 23.7 Å². The van der Waals surface area contributed by atoms with Gasteiger partial charge in [0, 0.05) is 5.57 Å². The van der Waals surface area contributed by atoms with Gasteiger partial charge in [-0.05, 0) is 12.3 Å². The molecule has 0 aliphatic carbocycles. The zero-order chi connectivity index (χ0) is 13.3. The first-order chi connectivity index (χ1) is 7.93. The minimum absolute atomic E-state index is 0.000296. The number of carbonyl (C=O) groups is 2. The van der Waals surface area contributed by atoms with Crippen LogP contribution in [0.5, 0.6) is 0 Å². The molecule has 0 aromatic carbocycles. The SMILES string of the molecule is C=C(CC(=O)O)C(=O)OCCCCCC(C)C. The lowest BCUT2D eigenvalue weighted by Gasteiger charge is -2.06. The summed E-state index contributed by atoms with van der Waals surface area (Å²) in [6, 6.07) is 0.